The molecule has 3 nitrogen and oxygen atoms in total. The molecule has 0 radical (unpaired) electrons. The fraction of sp³-hybridized carbons (Fsp3) is 0.200. The van der Waals surface area contributed by atoms with Gasteiger partial charge in [-0.3, -0.25) is 4.79 Å². The Morgan fingerprint density at radius 1 is 1.64 bits per heavy atom. The van der Waals surface area contributed by atoms with Crippen molar-refractivity contribution in [2.45, 2.75) is 13.5 Å². The van der Waals surface area contributed by atoms with E-state index < -0.39 is 0 Å². The van der Waals surface area contributed by atoms with Gasteiger partial charge in [0.15, 0.2) is 5.78 Å². The topological polar surface area (TPSA) is 34.9 Å². The first kappa shape index (κ1) is 9.15. The first-order chi connectivity index (χ1) is 6.75. The number of hydrogen-bond donors (Lipinski definition) is 0. The van der Waals surface area contributed by atoms with Crippen molar-refractivity contribution >= 4 is 17.1 Å². The molecule has 0 bridgehead atoms. The second-order valence-electron chi connectivity index (χ2n) is 3.11. The molecule has 0 unspecified atom stereocenters. The maximum atomic E-state index is 11.0. The maximum Gasteiger partial charge on any atom is 0.161 e. The largest absolute Gasteiger partial charge is 0.348 e. The monoisotopic (exact) mass is 206 g/mol. The molecule has 0 aliphatic heterocycles. The van der Waals surface area contributed by atoms with Crippen molar-refractivity contribution in [2.75, 3.05) is 0 Å². The molecule has 0 amide bonds. The third-order valence-electron chi connectivity index (χ3n) is 1.99. The van der Waals surface area contributed by atoms with E-state index in [9.17, 15) is 4.79 Å². The van der Waals surface area contributed by atoms with Gasteiger partial charge in [-0.15, -0.1) is 11.3 Å². The molecule has 2 aromatic rings. The first-order valence-electron chi connectivity index (χ1n) is 4.29. The van der Waals surface area contributed by atoms with Crippen molar-refractivity contribution in [1.29, 1.82) is 0 Å². The zero-order valence-electron chi connectivity index (χ0n) is 7.80. The lowest BCUT2D eigenvalue weighted by atomic mass is 10.2. The van der Waals surface area contributed by atoms with Crippen LogP contribution in [0.1, 0.15) is 23.0 Å². The Morgan fingerprint density at radius 3 is 3.07 bits per heavy atom. The summed E-state index contributed by atoms with van der Waals surface area (Å²) in [6.45, 7) is 2.30. The number of thiazole rings is 1. The quantitative estimate of drug-likeness (QED) is 0.721. The summed E-state index contributed by atoms with van der Waals surface area (Å²) in [5, 5.41) is 2.01. The molecule has 72 valence electrons. The summed E-state index contributed by atoms with van der Waals surface area (Å²) in [6, 6.07) is 1.83. The Kier molecular flexibility index (Phi) is 2.45. The van der Waals surface area contributed by atoms with E-state index in [0.717, 1.165) is 17.8 Å². The molecule has 0 fully saturated rings. The summed E-state index contributed by atoms with van der Waals surface area (Å²) in [5.74, 6) is 0.0991. The number of hydrogen-bond acceptors (Lipinski definition) is 3. The van der Waals surface area contributed by atoms with Crippen molar-refractivity contribution in [1.82, 2.24) is 9.55 Å². The highest BCUT2D eigenvalue weighted by atomic mass is 32.1. The van der Waals surface area contributed by atoms with Gasteiger partial charge < -0.3 is 4.57 Å². The lowest BCUT2D eigenvalue weighted by Gasteiger charge is -1.97. The minimum absolute atomic E-state index is 0.0991. The fourth-order valence-electron chi connectivity index (χ4n) is 1.25. The van der Waals surface area contributed by atoms with E-state index in [-0.39, 0.29) is 5.78 Å². The average molecular weight is 206 g/mol. The number of carbonyl (C=O) groups excluding carboxylic acids is 1. The smallest absolute Gasteiger partial charge is 0.161 e. The first-order valence-corrected chi connectivity index (χ1v) is 5.24. The molecule has 0 spiro atoms. The van der Waals surface area contributed by atoms with Gasteiger partial charge in [0.2, 0.25) is 0 Å². The van der Waals surface area contributed by atoms with Gasteiger partial charge in [0.1, 0.15) is 0 Å². The summed E-state index contributed by atoms with van der Waals surface area (Å²) in [5.41, 5.74) is 3.59. The van der Waals surface area contributed by atoms with Crippen LogP contribution in [0.2, 0.25) is 0 Å². The second-order valence-corrected chi connectivity index (χ2v) is 3.83. The molecule has 0 aliphatic rings. The molecular formula is C10H10N2OS. The Morgan fingerprint density at radius 2 is 2.50 bits per heavy atom. The molecule has 2 aromatic heterocycles. The molecular weight excluding hydrogens is 196 g/mol. The molecule has 0 saturated carbocycles. The van der Waals surface area contributed by atoms with Crippen molar-refractivity contribution in [2.24, 2.45) is 0 Å². The van der Waals surface area contributed by atoms with Crippen molar-refractivity contribution in [3.05, 3.63) is 40.6 Å². The highest BCUT2D eigenvalue weighted by molar-refractivity contribution is 7.07. The summed E-state index contributed by atoms with van der Waals surface area (Å²) < 4.78 is 1.96. The van der Waals surface area contributed by atoms with Gasteiger partial charge in [-0.2, -0.15) is 0 Å². The van der Waals surface area contributed by atoms with Gasteiger partial charge in [0.05, 0.1) is 17.7 Å². The van der Waals surface area contributed by atoms with Crippen LogP contribution in [0.4, 0.5) is 0 Å². The van der Waals surface area contributed by atoms with E-state index in [4.69, 9.17) is 0 Å². The van der Waals surface area contributed by atoms with E-state index in [1.165, 1.54) is 0 Å². The van der Waals surface area contributed by atoms with Crippen molar-refractivity contribution in [3.63, 3.8) is 0 Å². The van der Waals surface area contributed by atoms with E-state index in [1.807, 2.05) is 33.9 Å². The lowest BCUT2D eigenvalue weighted by molar-refractivity contribution is 0.101. The van der Waals surface area contributed by atoms with Crippen LogP contribution in [0.25, 0.3) is 0 Å². The van der Waals surface area contributed by atoms with E-state index in [0.29, 0.717) is 0 Å². The number of aromatic nitrogens is 2. The molecule has 0 N–H and O–H groups in total. The highest BCUT2D eigenvalue weighted by Crippen LogP contribution is 2.07. The molecule has 0 aromatic carbocycles. The van der Waals surface area contributed by atoms with Gasteiger partial charge in [-0.1, -0.05) is 0 Å². The molecule has 14 heavy (non-hydrogen) atoms. The van der Waals surface area contributed by atoms with Crippen LogP contribution in [0.5, 0.6) is 0 Å². The van der Waals surface area contributed by atoms with E-state index in [2.05, 4.69) is 4.98 Å². The second kappa shape index (κ2) is 3.75. The molecule has 0 aliphatic carbocycles. The van der Waals surface area contributed by atoms with Gasteiger partial charge in [0.25, 0.3) is 0 Å². The summed E-state index contributed by atoms with van der Waals surface area (Å²) in [7, 11) is 0. The summed E-state index contributed by atoms with van der Waals surface area (Å²) >= 11 is 1.58. The molecule has 2 heterocycles. The molecule has 2 rings (SSSR count). The van der Waals surface area contributed by atoms with Crippen LogP contribution in [-0.2, 0) is 6.54 Å². The fourth-order valence-corrected chi connectivity index (χ4v) is 1.80. The molecule has 0 atom stereocenters. The van der Waals surface area contributed by atoms with E-state index >= 15 is 0 Å². The highest BCUT2D eigenvalue weighted by Gasteiger charge is 2.02. The van der Waals surface area contributed by atoms with Crippen LogP contribution in [-0.4, -0.2) is 15.3 Å². The normalized spacial score (nSPS) is 10.4. The Hall–Kier alpha value is -1.42. The zero-order valence-corrected chi connectivity index (χ0v) is 8.62. The SMILES string of the molecule is CC(=O)c1ccn(Cc2cscn2)c1. The number of nitrogens with zero attached hydrogens (tertiary/aromatic N) is 2. The number of ketones is 1. The Bertz CT molecular complexity index is 431. The van der Waals surface area contributed by atoms with Gasteiger partial charge >= 0.3 is 0 Å². The molecule has 4 heteroatoms. The third-order valence-corrected chi connectivity index (χ3v) is 2.62. The van der Waals surface area contributed by atoms with Crippen LogP contribution < -0.4 is 0 Å². The standard InChI is InChI=1S/C10H10N2OS/c1-8(13)9-2-3-12(4-9)5-10-6-14-7-11-10/h2-4,6-7H,5H2,1H3. The minimum Gasteiger partial charge on any atom is -0.348 e. The number of Topliss-reactive ketones (excluding diaryl/α,β-unsaturated/α-hetero) is 1. The van der Waals surface area contributed by atoms with Gasteiger partial charge in [-0.05, 0) is 13.0 Å². The summed E-state index contributed by atoms with van der Waals surface area (Å²) in [6.07, 6.45) is 3.75. The molecule has 0 saturated heterocycles. The van der Waals surface area contributed by atoms with Gasteiger partial charge in [-0.25, -0.2) is 4.98 Å². The third kappa shape index (κ3) is 1.90. The summed E-state index contributed by atoms with van der Waals surface area (Å²) in [4.78, 5) is 15.2. The van der Waals surface area contributed by atoms with Crippen LogP contribution >= 0.6 is 11.3 Å². The zero-order chi connectivity index (χ0) is 9.97. The minimum atomic E-state index is 0.0991. The maximum absolute atomic E-state index is 11.0. The average Bonchev–Trinajstić information content (AvgIpc) is 2.75. The van der Waals surface area contributed by atoms with Crippen LogP contribution in [0, 0.1) is 0 Å². The van der Waals surface area contributed by atoms with Crippen LogP contribution in [0.15, 0.2) is 29.4 Å². The number of rotatable bonds is 3. The van der Waals surface area contributed by atoms with Gasteiger partial charge in [0, 0.05) is 23.3 Å². The van der Waals surface area contributed by atoms with Crippen molar-refractivity contribution < 1.29 is 4.79 Å². The Labute approximate surface area is 86.0 Å². The van der Waals surface area contributed by atoms with E-state index in [1.54, 1.807) is 18.3 Å². The predicted octanol–water partition coefficient (Wildman–Crippen LogP) is 2.20. The van der Waals surface area contributed by atoms with Crippen molar-refractivity contribution in [3.8, 4) is 0 Å². The van der Waals surface area contributed by atoms with Crippen LogP contribution in [0.3, 0.4) is 0 Å². The number of carbonyl (C=O) groups is 1. The lowest BCUT2D eigenvalue weighted by Crippen LogP contribution is -1.96. The predicted molar refractivity (Wildman–Crippen MR) is 55.7 cm³/mol. The Balaban J connectivity index is 2.14.